The lowest BCUT2D eigenvalue weighted by molar-refractivity contribution is -0.148. The summed E-state index contributed by atoms with van der Waals surface area (Å²) >= 11 is 0. The predicted octanol–water partition coefficient (Wildman–Crippen LogP) is 3.88. The molecule has 1 fully saturated rings. The van der Waals surface area contributed by atoms with Crippen LogP contribution < -0.4 is 10.6 Å². The largest absolute Gasteiger partial charge is 0.508 e. The summed E-state index contributed by atoms with van der Waals surface area (Å²) in [6.07, 6.45) is 3.17. The molecular weight excluding hydrogens is 526 g/mol. The highest BCUT2D eigenvalue weighted by Crippen LogP contribution is 2.34. The third-order valence-electron chi connectivity index (χ3n) is 6.71. The fraction of sp³-hybridized carbons (Fsp3) is 0.419. The molecule has 3 rings (SSSR count). The van der Waals surface area contributed by atoms with Crippen LogP contribution in [-0.4, -0.2) is 65.2 Å². The van der Waals surface area contributed by atoms with Crippen molar-refractivity contribution >= 4 is 30.0 Å². The molecule has 3 amide bonds. The lowest BCUT2D eigenvalue weighted by Gasteiger charge is -2.43. The number of carbonyl (C=O) groups excluding carboxylic acids is 4. The number of amides is 3. The molecule has 3 N–H and O–H groups in total. The first-order valence-electron chi connectivity index (χ1n) is 13.6. The maximum atomic E-state index is 14.4. The molecule has 10 nitrogen and oxygen atoms in total. The van der Waals surface area contributed by atoms with Crippen LogP contribution >= 0.6 is 0 Å². The van der Waals surface area contributed by atoms with Crippen molar-refractivity contribution in [2.45, 2.75) is 70.2 Å². The Bertz CT molecular complexity index is 1250. The van der Waals surface area contributed by atoms with Gasteiger partial charge in [0, 0.05) is 12.5 Å². The summed E-state index contributed by atoms with van der Waals surface area (Å²) in [5.74, 6) is -1.60. The summed E-state index contributed by atoms with van der Waals surface area (Å²) in [6.45, 7) is 8.60. The number of nitrogens with zero attached hydrogens (tertiary/aromatic N) is 1. The molecule has 0 radical (unpaired) electrons. The third kappa shape index (κ3) is 8.83. The molecule has 1 aliphatic carbocycles. The number of nitrogens with one attached hydrogen (secondary N) is 2. The van der Waals surface area contributed by atoms with E-state index in [0.717, 1.165) is 12.0 Å². The Balaban J connectivity index is 2.05. The van der Waals surface area contributed by atoms with Gasteiger partial charge in [-0.2, -0.15) is 0 Å². The molecule has 2 atom stereocenters. The van der Waals surface area contributed by atoms with Crippen molar-refractivity contribution in [1.29, 1.82) is 0 Å². The molecule has 1 saturated carbocycles. The van der Waals surface area contributed by atoms with E-state index in [1.807, 2.05) is 6.07 Å². The number of aromatic hydroxyl groups is 1. The molecule has 2 aromatic rings. The molecule has 220 valence electrons. The Morgan fingerprint density at radius 1 is 1.12 bits per heavy atom. The number of esters is 1. The van der Waals surface area contributed by atoms with Gasteiger partial charge in [-0.3, -0.25) is 14.4 Å². The van der Waals surface area contributed by atoms with Gasteiger partial charge in [0.1, 0.15) is 30.0 Å². The summed E-state index contributed by atoms with van der Waals surface area (Å²) in [6, 6.07) is 11.0. The molecule has 0 saturated heterocycles. The number of hydrogen-bond acceptors (Lipinski definition) is 7. The van der Waals surface area contributed by atoms with Gasteiger partial charge in [-0.15, -0.1) is 0 Å². The quantitative estimate of drug-likeness (QED) is 0.352. The predicted molar refractivity (Wildman–Crippen MR) is 154 cm³/mol. The molecule has 0 heterocycles. The zero-order valence-electron chi connectivity index (χ0n) is 24.0. The molecule has 41 heavy (non-hydrogen) atoms. The van der Waals surface area contributed by atoms with E-state index in [9.17, 15) is 24.3 Å². The Kier molecular flexibility index (Phi) is 10.5. The number of phenols is 1. The smallest absolute Gasteiger partial charge is 0.408 e. The number of ether oxygens (including phenoxy) is 2. The zero-order valence-corrected chi connectivity index (χ0v) is 24.0. The van der Waals surface area contributed by atoms with Crippen LogP contribution in [0.5, 0.6) is 5.75 Å². The van der Waals surface area contributed by atoms with E-state index in [4.69, 9.17) is 4.74 Å². The van der Waals surface area contributed by atoms with Crippen LogP contribution in [0.2, 0.25) is 0 Å². The summed E-state index contributed by atoms with van der Waals surface area (Å²) < 4.78 is 10.1. The fourth-order valence-corrected chi connectivity index (χ4v) is 4.50. The van der Waals surface area contributed by atoms with Crippen LogP contribution in [-0.2, 0) is 30.3 Å². The highest BCUT2D eigenvalue weighted by molar-refractivity contribution is 5.93. The van der Waals surface area contributed by atoms with Crippen molar-refractivity contribution in [3.63, 3.8) is 0 Å². The highest BCUT2D eigenvalue weighted by atomic mass is 16.6. The average molecular weight is 566 g/mol. The number of methoxy groups -OCH3 is 1. The van der Waals surface area contributed by atoms with E-state index in [0.29, 0.717) is 24.0 Å². The number of phenolic OH excluding ortho intramolecular Hbond substituents is 1. The zero-order chi connectivity index (χ0) is 30.2. The molecule has 0 aromatic heterocycles. The van der Waals surface area contributed by atoms with Crippen LogP contribution in [0.15, 0.2) is 55.1 Å². The van der Waals surface area contributed by atoms with Crippen molar-refractivity contribution < 1.29 is 33.8 Å². The summed E-state index contributed by atoms with van der Waals surface area (Å²) in [4.78, 5) is 54.4. The first-order valence-corrected chi connectivity index (χ1v) is 13.6. The van der Waals surface area contributed by atoms with Crippen LogP contribution in [0.1, 0.15) is 62.8 Å². The minimum Gasteiger partial charge on any atom is -0.508 e. The van der Waals surface area contributed by atoms with Gasteiger partial charge in [-0.1, -0.05) is 43.0 Å². The molecule has 0 bridgehead atoms. The monoisotopic (exact) mass is 565 g/mol. The Morgan fingerprint density at radius 3 is 2.37 bits per heavy atom. The van der Waals surface area contributed by atoms with Crippen LogP contribution in [0.25, 0.3) is 6.08 Å². The van der Waals surface area contributed by atoms with E-state index in [1.54, 1.807) is 57.2 Å². The summed E-state index contributed by atoms with van der Waals surface area (Å²) in [5.41, 5.74) is 1.17. The van der Waals surface area contributed by atoms with E-state index in [-0.39, 0.29) is 24.8 Å². The number of benzene rings is 2. The van der Waals surface area contributed by atoms with Crippen LogP contribution in [0.4, 0.5) is 4.79 Å². The Morgan fingerprint density at radius 2 is 1.80 bits per heavy atom. The topological polar surface area (TPSA) is 134 Å². The highest BCUT2D eigenvalue weighted by Gasteiger charge is 2.42. The van der Waals surface area contributed by atoms with Crippen molar-refractivity contribution in [2.75, 3.05) is 13.7 Å². The Labute approximate surface area is 240 Å². The van der Waals surface area contributed by atoms with Gasteiger partial charge in [-0.05, 0) is 74.9 Å². The lowest BCUT2D eigenvalue weighted by Crippen LogP contribution is -2.58. The first-order chi connectivity index (χ1) is 19.4. The summed E-state index contributed by atoms with van der Waals surface area (Å²) in [7, 11) is 1.22. The van der Waals surface area contributed by atoms with Gasteiger partial charge in [0.25, 0.3) is 0 Å². The van der Waals surface area contributed by atoms with Crippen molar-refractivity contribution in [3.8, 4) is 5.75 Å². The van der Waals surface area contributed by atoms with E-state index in [2.05, 4.69) is 21.9 Å². The Hall–Kier alpha value is -4.34. The van der Waals surface area contributed by atoms with Gasteiger partial charge in [0.15, 0.2) is 0 Å². The SMILES string of the molecule is C=Cc1cccc(C(C(=O)NCC(=O)OC)N(C(=O)C(Cc2ccc(O)cc2)NC(=O)OC(C)(C)C)C2CCC2)c1. The number of carbonyl (C=O) groups is 4. The number of hydrogen-bond donors (Lipinski definition) is 3. The van der Waals surface area contributed by atoms with Crippen molar-refractivity contribution in [1.82, 2.24) is 15.5 Å². The molecule has 2 aromatic carbocycles. The van der Waals surface area contributed by atoms with Gasteiger partial charge in [0.2, 0.25) is 11.8 Å². The molecule has 10 heteroatoms. The molecule has 0 spiro atoms. The molecule has 2 unspecified atom stereocenters. The average Bonchev–Trinajstić information content (AvgIpc) is 2.89. The first kappa shape index (κ1) is 31.2. The minimum absolute atomic E-state index is 0.0669. The number of rotatable bonds is 11. The summed E-state index contributed by atoms with van der Waals surface area (Å²) in [5, 5.41) is 15.0. The normalized spacial score (nSPS) is 14.5. The van der Waals surface area contributed by atoms with Crippen LogP contribution in [0.3, 0.4) is 0 Å². The minimum atomic E-state index is -1.10. The fourth-order valence-electron chi connectivity index (χ4n) is 4.50. The van der Waals surface area contributed by atoms with Crippen molar-refractivity contribution in [2.24, 2.45) is 0 Å². The van der Waals surface area contributed by atoms with Gasteiger partial charge in [-0.25, -0.2) is 4.79 Å². The second-order valence-electron chi connectivity index (χ2n) is 11.0. The second-order valence-corrected chi connectivity index (χ2v) is 11.0. The third-order valence-corrected chi connectivity index (χ3v) is 6.71. The van der Waals surface area contributed by atoms with E-state index >= 15 is 0 Å². The number of alkyl carbamates (subject to hydrolysis) is 1. The lowest BCUT2D eigenvalue weighted by atomic mass is 9.87. The standard InChI is InChI=1S/C31H39N3O7/c1-6-20-9-7-10-22(17-20)27(28(37)32-19-26(36)40-5)34(23-11-8-12-23)29(38)25(33-30(39)41-31(2,3)4)18-21-13-15-24(35)16-14-21/h6-7,9-10,13-17,23,25,27,35H,1,8,11-12,18-19H2,2-5H3,(H,32,37)(H,33,39). The second kappa shape index (κ2) is 13.8. The van der Waals surface area contributed by atoms with Crippen molar-refractivity contribution in [3.05, 3.63) is 71.8 Å². The van der Waals surface area contributed by atoms with E-state index < -0.39 is 41.6 Å². The maximum Gasteiger partial charge on any atom is 0.408 e. The molecular formula is C31H39N3O7. The van der Waals surface area contributed by atoms with Gasteiger partial charge >= 0.3 is 12.1 Å². The molecule has 0 aliphatic heterocycles. The van der Waals surface area contributed by atoms with Gasteiger partial charge < -0.3 is 30.1 Å². The van der Waals surface area contributed by atoms with Crippen LogP contribution in [0, 0.1) is 0 Å². The maximum absolute atomic E-state index is 14.4. The van der Waals surface area contributed by atoms with Gasteiger partial charge in [0.05, 0.1) is 7.11 Å². The van der Waals surface area contributed by atoms with E-state index in [1.165, 1.54) is 24.1 Å². The molecule has 1 aliphatic rings.